The molecule has 0 saturated carbocycles. The zero-order valence-corrected chi connectivity index (χ0v) is 17.7. The molecule has 1 aliphatic rings. The first-order chi connectivity index (χ1) is 15.5. The molecule has 0 aliphatic carbocycles. The summed E-state index contributed by atoms with van der Waals surface area (Å²) in [6.07, 6.45) is 4.22. The van der Waals surface area contributed by atoms with E-state index in [4.69, 9.17) is 16.2 Å². The summed E-state index contributed by atoms with van der Waals surface area (Å²) in [5.74, 6) is -0.480. The van der Waals surface area contributed by atoms with Gasteiger partial charge >= 0.3 is 0 Å². The number of hydrogen-bond acceptors (Lipinski definition) is 8. The van der Waals surface area contributed by atoms with Gasteiger partial charge in [-0.2, -0.15) is 0 Å². The van der Waals surface area contributed by atoms with Gasteiger partial charge in [-0.1, -0.05) is 37.3 Å². The molecule has 4 rings (SSSR count). The average Bonchev–Trinajstić information content (AvgIpc) is 2.82. The first kappa shape index (κ1) is 21.8. The molecule has 32 heavy (non-hydrogen) atoms. The minimum atomic E-state index is -0.730. The maximum Gasteiger partial charge on any atom is 0.278 e. The number of amides is 1. The molecule has 0 bridgehead atoms. The van der Waals surface area contributed by atoms with E-state index in [1.165, 1.54) is 6.20 Å². The van der Waals surface area contributed by atoms with Crippen LogP contribution in [0.5, 0.6) is 0 Å². The molecule has 0 unspecified atom stereocenters. The van der Waals surface area contributed by atoms with Crippen LogP contribution in [-0.4, -0.2) is 44.2 Å². The highest BCUT2D eigenvalue weighted by atomic mass is 16.5. The third-order valence-corrected chi connectivity index (χ3v) is 5.58. The van der Waals surface area contributed by atoms with Crippen molar-refractivity contribution in [3.8, 4) is 11.3 Å². The van der Waals surface area contributed by atoms with E-state index in [0.29, 0.717) is 24.2 Å². The number of anilines is 2. The fourth-order valence-electron chi connectivity index (χ4n) is 3.83. The number of aromatic nitrogens is 3. The SMILES string of the molecule is CC[C@@H]1O[C@H](c2ccncc2NC(=O)c2nc(-c3ccccc3)cnc2N)C[C@H](N)[C@H]1O. The number of benzene rings is 1. The van der Waals surface area contributed by atoms with Crippen molar-refractivity contribution in [3.63, 3.8) is 0 Å². The second-order valence-electron chi connectivity index (χ2n) is 7.73. The molecule has 1 aliphatic heterocycles. The Labute approximate surface area is 185 Å². The van der Waals surface area contributed by atoms with Crippen molar-refractivity contribution in [2.24, 2.45) is 5.73 Å². The van der Waals surface area contributed by atoms with Gasteiger partial charge in [-0.15, -0.1) is 0 Å². The molecule has 1 aromatic carbocycles. The summed E-state index contributed by atoms with van der Waals surface area (Å²) < 4.78 is 6.07. The number of nitrogen functional groups attached to an aromatic ring is 1. The Kier molecular flexibility index (Phi) is 6.40. The normalized spacial score (nSPS) is 23.0. The summed E-state index contributed by atoms with van der Waals surface area (Å²) in [5, 5.41) is 13.1. The third-order valence-electron chi connectivity index (χ3n) is 5.58. The molecule has 3 aromatic rings. The first-order valence-electron chi connectivity index (χ1n) is 10.5. The molecule has 3 heterocycles. The van der Waals surface area contributed by atoms with Gasteiger partial charge in [-0.25, -0.2) is 9.97 Å². The minimum Gasteiger partial charge on any atom is -0.389 e. The molecule has 9 heteroatoms. The number of nitrogens with two attached hydrogens (primary N) is 2. The van der Waals surface area contributed by atoms with Crippen molar-refractivity contribution >= 4 is 17.4 Å². The van der Waals surface area contributed by atoms with Crippen molar-refractivity contribution in [2.75, 3.05) is 11.1 Å². The smallest absolute Gasteiger partial charge is 0.278 e. The van der Waals surface area contributed by atoms with Gasteiger partial charge in [-0.05, 0) is 18.9 Å². The zero-order chi connectivity index (χ0) is 22.7. The van der Waals surface area contributed by atoms with Gasteiger partial charge < -0.3 is 26.6 Å². The Morgan fingerprint density at radius 2 is 2.03 bits per heavy atom. The van der Waals surface area contributed by atoms with Crippen molar-refractivity contribution in [3.05, 3.63) is 66.2 Å². The predicted octanol–water partition coefficient (Wildman–Crippen LogP) is 2.30. The van der Waals surface area contributed by atoms with Crippen LogP contribution in [0.25, 0.3) is 11.3 Å². The highest BCUT2D eigenvalue weighted by Crippen LogP contribution is 2.35. The average molecular weight is 435 g/mol. The fourth-order valence-corrected chi connectivity index (χ4v) is 3.83. The lowest BCUT2D eigenvalue weighted by Gasteiger charge is -2.38. The third kappa shape index (κ3) is 4.45. The molecule has 2 aromatic heterocycles. The second kappa shape index (κ2) is 9.39. The van der Waals surface area contributed by atoms with Crippen LogP contribution in [0.1, 0.15) is 41.9 Å². The van der Waals surface area contributed by atoms with E-state index in [9.17, 15) is 9.90 Å². The van der Waals surface area contributed by atoms with Gasteiger partial charge in [0.2, 0.25) is 0 Å². The molecule has 1 fully saturated rings. The summed E-state index contributed by atoms with van der Waals surface area (Å²) in [7, 11) is 0. The van der Waals surface area contributed by atoms with E-state index >= 15 is 0 Å². The van der Waals surface area contributed by atoms with Gasteiger partial charge in [-0.3, -0.25) is 9.78 Å². The molecule has 6 N–H and O–H groups in total. The maximum atomic E-state index is 13.1. The van der Waals surface area contributed by atoms with Crippen molar-refractivity contribution < 1.29 is 14.6 Å². The van der Waals surface area contributed by atoms with E-state index in [1.807, 2.05) is 37.3 Å². The summed E-state index contributed by atoms with van der Waals surface area (Å²) in [5.41, 5.74) is 14.7. The summed E-state index contributed by atoms with van der Waals surface area (Å²) >= 11 is 0. The molecule has 0 spiro atoms. The van der Waals surface area contributed by atoms with Crippen LogP contribution < -0.4 is 16.8 Å². The topological polar surface area (TPSA) is 149 Å². The van der Waals surface area contributed by atoms with Crippen LogP contribution >= 0.6 is 0 Å². The number of nitrogens with zero attached hydrogens (tertiary/aromatic N) is 3. The molecular weight excluding hydrogens is 408 g/mol. The number of hydrogen-bond donors (Lipinski definition) is 4. The molecule has 1 amide bonds. The van der Waals surface area contributed by atoms with Crippen molar-refractivity contribution in [2.45, 2.75) is 44.1 Å². The lowest BCUT2D eigenvalue weighted by atomic mass is 9.91. The van der Waals surface area contributed by atoms with Crippen LogP contribution in [-0.2, 0) is 4.74 Å². The Morgan fingerprint density at radius 1 is 1.25 bits per heavy atom. The summed E-state index contributed by atoms with van der Waals surface area (Å²) in [4.78, 5) is 25.8. The number of rotatable bonds is 5. The van der Waals surface area contributed by atoms with Crippen molar-refractivity contribution in [1.29, 1.82) is 0 Å². The number of aliphatic hydroxyl groups is 1. The van der Waals surface area contributed by atoms with E-state index in [-0.39, 0.29) is 17.6 Å². The van der Waals surface area contributed by atoms with Gasteiger partial charge in [0.25, 0.3) is 5.91 Å². The van der Waals surface area contributed by atoms with E-state index in [1.54, 1.807) is 18.5 Å². The molecule has 9 nitrogen and oxygen atoms in total. The summed E-state index contributed by atoms with van der Waals surface area (Å²) in [6.45, 7) is 1.93. The highest BCUT2D eigenvalue weighted by molar-refractivity contribution is 6.06. The van der Waals surface area contributed by atoms with Gasteiger partial charge in [0.05, 0.1) is 42.1 Å². The van der Waals surface area contributed by atoms with E-state index in [0.717, 1.165) is 11.1 Å². The van der Waals surface area contributed by atoms with Crippen LogP contribution in [0.2, 0.25) is 0 Å². The quantitative estimate of drug-likeness (QED) is 0.478. The number of pyridine rings is 1. The Hall–Kier alpha value is -3.40. The van der Waals surface area contributed by atoms with E-state index < -0.39 is 24.2 Å². The van der Waals surface area contributed by atoms with Gasteiger partial charge in [0.15, 0.2) is 11.5 Å². The highest BCUT2D eigenvalue weighted by Gasteiger charge is 2.36. The Bertz CT molecular complexity index is 1090. The lowest BCUT2D eigenvalue weighted by Crippen LogP contribution is -2.49. The molecular formula is C23H26N6O3. The Morgan fingerprint density at radius 3 is 2.78 bits per heavy atom. The second-order valence-corrected chi connectivity index (χ2v) is 7.73. The van der Waals surface area contributed by atoms with Gasteiger partial charge in [0, 0.05) is 23.4 Å². The zero-order valence-electron chi connectivity index (χ0n) is 17.7. The molecule has 0 radical (unpaired) electrons. The van der Waals surface area contributed by atoms with Gasteiger partial charge in [0.1, 0.15) is 0 Å². The van der Waals surface area contributed by atoms with Crippen LogP contribution in [0.3, 0.4) is 0 Å². The minimum absolute atomic E-state index is 0.0178. The predicted molar refractivity (Wildman–Crippen MR) is 121 cm³/mol. The monoisotopic (exact) mass is 434 g/mol. The molecule has 166 valence electrons. The standard InChI is InChI=1S/C23H26N6O3/c1-2-18-21(30)15(24)10-19(32-18)14-8-9-26-11-17(14)29-23(31)20-22(25)27-12-16(28-20)13-6-4-3-5-7-13/h3-9,11-12,15,18-19,21,30H,2,10,24H2,1H3,(H2,25,27)(H,29,31)/t15-,18-,19-,21+/m0/s1. The number of nitrogens with one attached hydrogen (secondary N) is 1. The first-order valence-corrected chi connectivity index (χ1v) is 10.5. The Balaban J connectivity index is 1.60. The number of aliphatic hydroxyl groups excluding tert-OH is 1. The van der Waals surface area contributed by atoms with Crippen molar-refractivity contribution in [1.82, 2.24) is 15.0 Å². The van der Waals surface area contributed by atoms with Crippen LogP contribution in [0, 0.1) is 0 Å². The fraction of sp³-hybridized carbons (Fsp3) is 0.304. The number of carbonyl (C=O) groups excluding carboxylic acids is 1. The van der Waals surface area contributed by atoms with Crippen LogP contribution in [0.4, 0.5) is 11.5 Å². The van der Waals surface area contributed by atoms with Crippen LogP contribution in [0.15, 0.2) is 55.0 Å². The number of ether oxygens (including phenoxy) is 1. The summed E-state index contributed by atoms with van der Waals surface area (Å²) in [6, 6.07) is 10.8. The maximum absolute atomic E-state index is 13.1. The lowest BCUT2D eigenvalue weighted by molar-refractivity contribution is -0.128. The largest absolute Gasteiger partial charge is 0.389 e. The number of carbonyl (C=O) groups is 1. The molecule has 4 atom stereocenters. The van der Waals surface area contributed by atoms with E-state index in [2.05, 4.69) is 20.3 Å². The molecule has 1 saturated heterocycles.